The number of methoxy groups -OCH3 is 1. The predicted molar refractivity (Wildman–Crippen MR) is 166 cm³/mol. The van der Waals surface area contributed by atoms with Crippen LogP contribution in [0.4, 0.5) is 5.69 Å². The van der Waals surface area contributed by atoms with Crippen LogP contribution in [0.1, 0.15) is 51.5 Å². The van der Waals surface area contributed by atoms with Crippen LogP contribution in [0, 0.1) is 21.3 Å². The number of nitrogens with zero attached hydrogens (tertiary/aromatic N) is 1. The molecule has 8 nitrogen and oxygen atoms in total. The summed E-state index contributed by atoms with van der Waals surface area (Å²) in [6.07, 6.45) is 5.83. The summed E-state index contributed by atoms with van der Waals surface area (Å²) in [6.45, 7) is 4.62. The van der Waals surface area contributed by atoms with Gasteiger partial charge in [0.2, 0.25) is 11.8 Å². The van der Waals surface area contributed by atoms with Gasteiger partial charge in [-0.15, -0.1) is 0 Å². The number of carbonyl (C=O) groups excluding carboxylic acids is 2. The van der Waals surface area contributed by atoms with Gasteiger partial charge in [0.25, 0.3) is 0 Å². The van der Waals surface area contributed by atoms with Gasteiger partial charge in [-0.2, -0.15) is 0 Å². The van der Waals surface area contributed by atoms with Gasteiger partial charge in [0.05, 0.1) is 40.9 Å². The Hall–Kier alpha value is -2.67. The van der Waals surface area contributed by atoms with E-state index in [9.17, 15) is 24.7 Å². The number of allylic oxidation sites excluding steroid dienone is 2. The second-order valence-electron chi connectivity index (χ2n) is 10.9. The molecule has 0 spiro atoms. The average Bonchev–Trinajstić information content (AvgIpc) is 3.50. The molecule has 5 rings (SSSR count). The minimum atomic E-state index is -1.68. The Kier molecular flexibility index (Phi) is 8.94. The summed E-state index contributed by atoms with van der Waals surface area (Å²) in [4.78, 5) is 28.6. The number of anilines is 1. The van der Waals surface area contributed by atoms with Crippen molar-refractivity contribution in [2.24, 2.45) is 17.8 Å². The molecule has 1 aliphatic carbocycles. The van der Waals surface area contributed by atoms with E-state index in [1.165, 1.54) is 27.7 Å². The molecule has 2 saturated heterocycles. The molecule has 41 heavy (non-hydrogen) atoms. The molecule has 2 aromatic carbocycles. The predicted octanol–water partition coefficient (Wildman–Crippen LogP) is 4.19. The smallest absolute Gasteiger partial charge is 0.488 e. The van der Waals surface area contributed by atoms with Crippen molar-refractivity contribution in [2.45, 2.75) is 52.1 Å². The fourth-order valence-electron chi connectivity index (χ4n) is 6.63. The van der Waals surface area contributed by atoms with Crippen molar-refractivity contribution in [2.75, 3.05) is 18.6 Å². The van der Waals surface area contributed by atoms with E-state index in [1.54, 1.807) is 25.3 Å². The van der Waals surface area contributed by atoms with Gasteiger partial charge in [-0.1, -0.05) is 43.2 Å². The summed E-state index contributed by atoms with van der Waals surface area (Å²) >= 11 is 2.10. The third-order valence-electron chi connectivity index (χ3n) is 8.68. The lowest BCUT2D eigenvalue weighted by atomic mass is 9.69. The van der Waals surface area contributed by atoms with Crippen molar-refractivity contribution >= 4 is 58.7 Å². The molecule has 0 unspecified atom stereocenters. The Morgan fingerprint density at radius 2 is 1.95 bits per heavy atom. The number of phenolic OH excluding ortho intramolecular Hbond substituents is 1. The van der Waals surface area contributed by atoms with E-state index < -0.39 is 19.0 Å². The van der Waals surface area contributed by atoms with Crippen LogP contribution in [0.25, 0.3) is 6.08 Å². The van der Waals surface area contributed by atoms with Crippen LogP contribution in [-0.4, -0.2) is 53.9 Å². The molecule has 4 atom stereocenters. The van der Waals surface area contributed by atoms with Gasteiger partial charge < -0.3 is 24.6 Å². The average molecular weight is 671 g/mol. The Bertz CT molecular complexity index is 1420. The summed E-state index contributed by atoms with van der Waals surface area (Å²) in [7, 11) is -0.143. The zero-order valence-electron chi connectivity index (χ0n) is 23.5. The first-order valence-corrected chi connectivity index (χ1v) is 15.2. The summed E-state index contributed by atoms with van der Waals surface area (Å²) in [5.74, 6) is -0.939. The van der Waals surface area contributed by atoms with Gasteiger partial charge in [0.15, 0.2) is 11.5 Å². The molecule has 3 aliphatic rings. The molecular weight excluding hydrogens is 636 g/mol. The molecule has 0 aromatic heterocycles. The highest BCUT2D eigenvalue weighted by Crippen LogP contribution is 2.51. The van der Waals surface area contributed by atoms with Crippen molar-refractivity contribution in [1.29, 1.82) is 0 Å². The van der Waals surface area contributed by atoms with Crippen molar-refractivity contribution in [3.8, 4) is 11.5 Å². The lowest BCUT2D eigenvalue weighted by molar-refractivity contribution is -0.122. The fourth-order valence-corrected chi connectivity index (χ4v) is 7.25. The number of hydrogen-bond donors (Lipinski definition) is 3. The van der Waals surface area contributed by atoms with E-state index >= 15 is 0 Å². The van der Waals surface area contributed by atoms with E-state index in [-0.39, 0.29) is 35.0 Å². The maximum Gasteiger partial charge on any atom is 0.488 e. The number of ether oxygens (including phenoxy) is 2. The number of hydrogen-bond acceptors (Lipinski definition) is 7. The van der Waals surface area contributed by atoms with Crippen molar-refractivity contribution in [3.63, 3.8) is 0 Å². The minimum absolute atomic E-state index is 0.106. The molecule has 0 saturated carbocycles. The Morgan fingerprint density at radius 3 is 2.63 bits per heavy atom. The Labute approximate surface area is 254 Å². The zero-order chi connectivity index (χ0) is 29.4. The highest BCUT2D eigenvalue weighted by Gasteiger charge is 2.57. The molecule has 2 aliphatic heterocycles. The van der Waals surface area contributed by atoms with Crippen LogP contribution >= 0.6 is 22.6 Å². The standard InChI is InChI=1S/C31H35BINO7/c1-4-17(11-18-12-24(33)29(35)26(13-18)40-3)9-10-25-27-19(5-2)14-22-28(23(27)16-41-25)31(37)34(30(22)36)21-8-6-7-20(15-21)32(38)39/h6-8,11-13,15,22-23,25,28,35,38-39H,4-5,9-10,14,16H2,1-3H3/b17-11+/t22-,23+,25-,28-/m1/s1. The van der Waals surface area contributed by atoms with Crippen LogP contribution < -0.4 is 15.1 Å². The van der Waals surface area contributed by atoms with E-state index in [0.717, 1.165) is 34.8 Å². The minimum Gasteiger partial charge on any atom is -0.504 e. The quantitative estimate of drug-likeness (QED) is 0.159. The number of amides is 2. The third-order valence-corrected chi connectivity index (χ3v) is 9.51. The first kappa shape index (κ1) is 29.8. The number of carbonyl (C=O) groups is 2. The number of halogens is 1. The summed E-state index contributed by atoms with van der Waals surface area (Å²) in [5.41, 5.74) is 5.21. The second-order valence-corrected chi connectivity index (χ2v) is 12.1. The number of benzene rings is 2. The molecule has 2 amide bonds. The van der Waals surface area contributed by atoms with Gasteiger partial charge in [0.1, 0.15) is 0 Å². The lowest BCUT2D eigenvalue weighted by Crippen LogP contribution is -2.35. The lowest BCUT2D eigenvalue weighted by Gasteiger charge is -2.31. The van der Waals surface area contributed by atoms with Gasteiger partial charge >= 0.3 is 7.12 Å². The van der Waals surface area contributed by atoms with Gasteiger partial charge in [-0.05, 0) is 95.6 Å². The van der Waals surface area contributed by atoms with Crippen LogP contribution in [-0.2, 0) is 14.3 Å². The highest BCUT2D eigenvalue weighted by atomic mass is 127. The third kappa shape index (κ3) is 5.59. The Balaban J connectivity index is 1.36. The molecule has 2 fully saturated rings. The maximum atomic E-state index is 13.8. The molecule has 0 radical (unpaired) electrons. The number of fused-ring (bicyclic) bond motifs is 3. The fraction of sp³-hybridized carbons (Fsp3) is 0.419. The van der Waals surface area contributed by atoms with Gasteiger partial charge in [0, 0.05) is 5.92 Å². The van der Waals surface area contributed by atoms with Gasteiger partial charge in [-0.3, -0.25) is 14.5 Å². The molecule has 2 aromatic rings. The topological polar surface area (TPSA) is 117 Å². The highest BCUT2D eigenvalue weighted by molar-refractivity contribution is 14.1. The number of phenols is 1. The summed E-state index contributed by atoms with van der Waals surface area (Å²) in [6, 6.07) is 10.1. The maximum absolute atomic E-state index is 13.8. The van der Waals surface area contributed by atoms with Crippen LogP contribution in [0.2, 0.25) is 0 Å². The number of imide groups is 1. The van der Waals surface area contributed by atoms with Crippen LogP contribution in [0.3, 0.4) is 0 Å². The summed E-state index contributed by atoms with van der Waals surface area (Å²) < 4.78 is 12.4. The van der Waals surface area contributed by atoms with Crippen molar-refractivity contribution in [1.82, 2.24) is 0 Å². The number of aromatic hydroxyl groups is 1. The summed E-state index contributed by atoms with van der Waals surface area (Å²) in [5, 5.41) is 29.4. The molecule has 2 heterocycles. The molecule has 0 bridgehead atoms. The normalized spacial score (nSPS) is 24.1. The molecule has 10 heteroatoms. The van der Waals surface area contributed by atoms with Crippen LogP contribution in [0.15, 0.2) is 53.1 Å². The van der Waals surface area contributed by atoms with Crippen molar-refractivity contribution < 1.29 is 34.2 Å². The first-order chi connectivity index (χ1) is 19.7. The largest absolute Gasteiger partial charge is 0.504 e. The Morgan fingerprint density at radius 1 is 1.17 bits per heavy atom. The number of rotatable bonds is 9. The van der Waals surface area contributed by atoms with Crippen molar-refractivity contribution in [3.05, 3.63) is 62.3 Å². The first-order valence-electron chi connectivity index (χ1n) is 14.1. The molecular formula is C31H35BINO7. The zero-order valence-corrected chi connectivity index (χ0v) is 25.6. The van der Waals surface area contributed by atoms with E-state index in [2.05, 4.69) is 42.5 Å². The monoisotopic (exact) mass is 671 g/mol. The molecule has 3 N–H and O–H groups in total. The SMILES string of the molecule is CCC1=C2[C@@H](CC/C(=C/c3cc(I)c(O)c(OC)c3)CC)OC[C@@H]2[C@@H]2C(=O)N(c3cccc(B(O)O)c3)C(=O)[C@@H]2C1. The van der Waals surface area contributed by atoms with E-state index in [4.69, 9.17) is 9.47 Å². The van der Waals surface area contributed by atoms with Crippen LogP contribution in [0.5, 0.6) is 11.5 Å². The van der Waals surface area contributed by atoms with Gasteiger partial charge in [-0.25, -0.2) is 0 Å². The van der Waals surface area contributed by atoms with E-state index in [1.807, 2.05) is 12.1 Å². The molecule has 216 valence electrons. The van der Waals surface area contributed by atoms with E-state index in [0.29, 0.717) is 24.5 Å². The second kappa shape index (κ2) is 12.3.